The van der Waals surface area contributed by atoms with Gasteiger partial charge in [-0.3, -0.25) is 14.4 Å². The van der Waals surface area contributed by atoms with Gasteiger partial charge in [0.2, 0.25) is 0 Å². The summed E-state index contributed by atoms with van der Waals surface area (Å²) in [6, 6.07) is 9.22. The molecule has 2 aliphatic rings. The third kappa shape index (κ3) is 1.98. The Labute approximate surface area is 132 Å². The number of furan rings is 1. The fourth-order valence-electron chi connectivity index (χ4n) is 3.26. The number of amides is 3. The molecule has 6 heteroatoms. The van der Waals surface area contributed by atoms with Crippen LogP contribution in [0.25, 0.3) is 0 Å². The fraction of sp³-hybridized carbons (Fsp3) is 0.235. The van der Waals surface area contributed by atoms with Crippen molar-refractivity contribution < 1.29 is 18.8 Å². The van der Waals surface area contributed by atoms with Gasteiger partial charge in [-0.1, -0.05) is 12.1 Å². The van der Waals surface area contributed by atoms with Crippen LogP contribution in [0.15, 0.2) is 47.1 Å². The number of carbonyl (C=O) groups is 3. The van der Waals surface area contributed by atoms with Gasteiger partial charge in [0.05, 0.1) is 17.5 Å². The van der Waals surface area contributed by atoms with Crippen molar-refractivity contribution in [1.82, 2.24) is 4.90 Å². The lowest BCUT2D eigenvalue weighted by molar-refractivity contribution is -0.121. The van der Waals surface area contributed by atoms with Crippen molar-refractivity contribution in [3.8, 4) is 0 Å². The number of hydrogen-bond donors (Lipinski definition) is 0. The summed E-state index contributed by atoms with van der Waals surface area (Å²) in [4.78, 5) is 41.1. The van der Waals surface area contributed by atoms with E-state index in [1.807, 2.05) is 0 Å². The van der Waals surface area contributed by atoms with Crippen LogP contribution in [0.3, 0.4) is 0 Å². The van der Waals surface area contributed by atoms with E-state index in [0.29, 0.717) is 24.2 Å². The van der Waals surface area contributed by atoms with Gasteiger partial charge < -0.3 is 9.32 Å². The van der Waals surface area contributed by atoms with Crippen molar-refractivity contribution in [2.75, 3.05) is 11.4 Å². The van der Waals surface area contributed by atoms with Crippen LogP contribution in [0, 0.1) is 0 Å². The molecule has 4 rings (SSSR count). The first-order valence-corrected chi connectivity index (χ1v) is 7.50. The van der Waals surface area contributed by atoms with E-state index in [1.165, 1.54) is 12.3 Å². The summed E-state index contributed by atoms with van der Waals surface area (Å²) < 4.78 is 5.15. The Balaban J connectivity index is 1.89. The summed E-state index contributed by atoms with van der Waals surface area (Å²) in [5.74, 6) is -1.05. The highest BCUT2D eigenvalue weighted by Crippen LogP contribution is 2.33. The first-order valence-electron chi connectivity index (χ1n) is 7.50. The lowest BCUT2D eigenvalue weighted by atomic mass is 10.1. The van der Waals surface area contributed by atoms with E-state index < -0.39 is 11.9 Å². The first kappa shape index (κ1) is 13.8. The zero-order chi connectivity index (χ0) is 16.0. The normalized spacial score (nSPS) is 20.3. The van der Waals surface area contributed by atoms with Gasteiger partial charge in [-0.15, -0.1) is 0 Å². The van der Waals surface area contributed by atoms with Crippen LogP contribution < -0.4 is 4.90 Å². The van der Waals surface area contributed by atoms with Crippen LogP contribution in [-0.2, 0) is 4.79 Å². The van der Waals surface area contributed by atoms with E-state index in [9.17, 15) is 14.4 Å². The van der Waals surface area contributed by atoms with Crippen molar-refractivity contribution in [1.29, 1.82) is 0 Å². The standard InChI is InChI=1S/C17H14N2O4/c20-15-11-5-1-2-6-12(11)19(17(22)14-8-4-10-23-14)16(21)13-7-3-9-18(13)15/h1-2,4-6,8,10,13H,3,7,9H2/t13-/m1/s1. The number of hydrogen-bond acceptors (Lipinski definition) is 4. The monoisotopic (exact) mass is 310 g/mol. The van der Waals surface area contributed by atoms with E-state index in [1.54, 1.807) is 35.2 Å². The molecule has 0 unspecified atom stereocenters. The third-order valence-corrected chi connectivity index (χ3v) is 4.33. The second-order valence-electron chi connectivity index (χ2n) is 5.63. The van der Waals surface area contributed by atoms with Gasteiger partial charge in [-0.05, 0) is 37.1 Å². The topological polar surface area (TPSA) is 70.8 Å². The summed E-state index contributed by atoms with van der Waals surface area (Å²) in [6.07, 6.45) is 2.71. The molecule has 0 N–H and O–H groups in total. The summed E-state index contributed by atoms with van der Waals surface area (Å²) in [5.41, 5.74) is 0.684. The Morgan fingerprint density at radius 2 is 1.96 bits per heavy atom. The molecular weight excluding hydrogens is 296 g/mol. The van der Waals surface area contributed by atoms with Crippen LogP contribution >= 0.6 is 0 Å². The molecule has 0 spiro atoms. The number of anilines is 1. The second kappa shape index (κ2) is 5.08. The van der Waals surface area contributed by atoms with Crippen LogP contribution in [-0.4, -0.2) is 35.2 Å². The Hall–Kier alpha value is -2.89. The van der Waals surface area contributed by atoms with Crippen molar-refractivity contribution >= 4 is 23.4 Å². The molecule has 23 heavy (non-hydrogen) atoms. The average Bonchev–Trinajstić information content (AvgIpc) is 3.24. The Kier molecular flexibility index (Phi) is 3.04. The molecule has 3 heterocycles. The van der Waals surface area contributed by atoms with Crippen LogP contribution in [0.5, 0.6) is 0 Å². The molecule has 1 aromatic carbocycles. The van der Waals surface area contributed by atoms with E-state index in [2.05, 4.69) is 0 Å². The minimum absolute atomic E-state index is 0.0760. The molecule has 0 aliphatic carbocycles. The summed E-state index contributed by atoms with van der Waals surface area (Å²) in [7, 11) is 0. The van der Waals surface area contributed by atoms with Crippen molar-refractivity contribution in [2.24, 2.45) is 0 Å². The number of benzene rings is 1. The largest absolute Gasteiger partial charge is 0.459 e. The number of carbonyl (C=O) groups excluding carboxylic acids is 3. The summed E-state index contributed by atoms with van der Waals surface area (Å²) >= 11 is 0. The van der Waals surface area contributed by atoms with Crippen molar-refractivity contribution in [3.63, 3.8) is 0 Å². The molecule has 116 valence electrons. The van der Waals surface area contributed by atoms with Crippen LogP contribution in [0.2, 0.25) is 0 Å². The second-order valence-corrected chi connectivity index (χ2v) is 5.63. The summed E-state index contributed by atoms with van der Waals surface area (Å²) in [6.45, 7) is 0.534. The zero-order valence-electron chi connectivity index (χ0n) is 12.3. The van der Waals surface area contributed by atoms with Gasteiger partial charge >= 0.3 is 5.91 Å². The Morgan fingerprint density at radius 3 is 2.74 bits per heavy atom. The lowest BCUT2D eigenvalue weighted by Gasteiger charge is -2.23. The molecule has 1 atom stereocenters. The zero-order valence-corrected chi connectivity index (χ0v) is 12.3. The molecule has 0 bridgehead atoms. The highest BCUT2D eigenvalue weighted by Gasteiger charge is 2.44. The molecule has 1 aromatic heterocycles. The fourth-order valence-corrected chi connectivity index (χ4v) is 3.26. The number of rotatable bonds is 1. The number of nitrogens with zero attached hydrogens (tertiary/aromatic N) is 2. The van der Waals surface area contributed by atoms with Gasteiger partial charge in [0.15, 0.2) is 5.76 Å². The highest BCUT2D eigenvalue weighted by molar-refractivity contribution is 6.25. The van der Waals surface area contributed by atoms with Gasteiger partial charge in [-0.2, -0.15) is 0 Å². The maximum atomic E-state index is 12.9. The lowest BCUT2D eigenvalue weighted by Crippen LogP contribution is -2.47. The molecule has 1 saturated heterocycles. The Bertz CT molecular complexity index is 797. The highest BCUT2D eigenvalue weighted by atomic mass is 16.3. The van der Waals surface area contributed by atoms with Crippen molar-refractivity contribution in [2.45, 2.75) is 18.9 Å². The predicted octanol–water partition coefficient (Wildman–Crippen LogP) is 2.07. The smallest absolute Gasteiger partial charge is 0.300 e. The minimum atomic E-state index is -0.589. The molecule has 2 aliphatic heterocycles. The molecule has 2 aromatic rings. The number of fused-ring (bicyclic) bond motifs is 2. The van der Waals surface area contributed by atoms with E-state index >= 15 is 0 Å². The molecule has 0 saturated carbocycles. The Morgan fingerprint density at radius 1 is 1.13 bits per heavy atom. The molecule has 3 amide bonds. The summed E-state index contributed by atoms with van der Waals surface area (Å²) in [5, 5.41) is 0. The SMILES string of the molecule is O=C(c1ccco1)N1C(=O)[C@H]2CCCN2C(=O)c2ccccc21. The van der Waals surface area contributed by atoms with Crippen LogP contribution in [0.4, 0.5) is 5.69 Å². The third-order valence-electron chi connectivity index (χ3n) is 4.33. The molecule has 0 radical (unpaired) electrons. The minimum Gasteiger partial charge on any atom is -0.459 e. The quantitative estimate of drug-likeness (QED) is 0.756. The molecule has 6 nitrogen and oxygen atoms in total. The van der Waals surface area contributed by atoms with E-state index in [0.717, 1.165) is 11.3 Å². The van der Waals surface area contributed by atoms with Gasteiger partial charge in [0.25, 0.3) is 11.8 Å². The van der Waals surface area contributed by atoms with E-state index in [4.69, 9.17) is 4.42 Å². The van der Waals surface area contributed by atoms with Gasteiger partial charge in [-0.25, -0.2) is 4.90 Å². The van der Waals surface area contributed by atoms with Crippen LogP contribution in [0.1, 0.15) is 33.8 Å². The van der Waals surface area contributed by atoms with Crippen molar-refractivity contribution in [3.05, 3.63) is 54.0 Å². The van der Waals surface area contributed by atoms with Gasteiger partial charge in [0, 0.05) is 6.54 Å². The van der Waals surface area contributed by atoms with E-state index in [-0.39, 0.29) is 17.6 Å². The maximum Gasteiger partial charge on any atom is 0.300 e. The number of imide groups is 1. The van der Waals surface area contributed by atoms with Gasteiger partial charge in [0.1, 0.15) is 6.04 Å². The maximum absolute atomic E-state index is 12.9. The number of para-hydroxylation sites is 1. The average molecular weight is 310 g/mol. The predicted molar refractivity (Wildman–Crippen MR) is 81.0 cm³/mol. The first-order chi connectivity index (χ1) is 11.2. The molecule has 1 fully saturated rings. The molecular formula is C17H14N2O4.